The van der Waals surface area contributed by atoms with Gasteiger partial charge in [0.2, 0.25) is 0 Å². The van der Waals surface area contributed by atoms with Crippen LogP contribution in [0.4, 0.5) is 0 Å². The summed E-state index contributed by atoms with van der Waals surface area (Å²) in [6.45, 7) is 35.8. The molecule has 0 aliphatic carbocycles. The lowest BCUT2D eigenvalue weighted by molar-refractivity contribution is 0.186. The molecule has 0 rings (SSSR count). The molecule has 0 aromatic rings. The first-order chi connectivity index (χ1) is 9.33. The largest absolute Gasteiger partial charge is 0.394 e. The molecule has 3 nitrogen and oxygen atoms in total. The molecule has 0 aromatic carbocycles. The SMILES string of the molecule is C=C.C=C.C=C.C=C.C=C.C=C.COC.OCCO. The Morgan fingerprint density at radius 3 is 0.579 bits per heavy atom. The van der Waals surface area contributed by atoms with Crippen molar-refractivity contribution >= 4 is 0 Å². The maximum Gasteiger partial charge on any atom is 0.0662 e. The van der Waals surface area contributed by atoms with Gasteiger partial charge in [0.25, 0.3) is 0 Å². The zero-order valence-electron chi connectivity index (χ0n) is 13.2. The number of methoxy groups -OCH3 is 1. The molecule has 0 bridgehead atoms. The summed E-state index contributed by atoms with van der Waals surface area (Å²) in [5, 5.41) is 15.2. The first-order valence-corrected chi connectivity index (χ1v) is 4.95. The third kappa shape index (κ3) is 7240. The highest BCUT2D eigenvalue weighted by atomic mass is 16.4. The Balaban J connectivity index is -0.0000000124. The molecule has 0 radical (unpaired) electrons. The van der Waals surface area contributed by atoms with Crippen LogP contribution in [0.25, 0.3) is 0 Å². The minimum absolute atomic E-state index is 0.125. The van der Waals surface area contributed by atoms with E-state index in [1.165, 1.54) is 0 Å². The van der Waals surface area contributed by atoms with Crippen LogP contribution in [0.3, 0.4) is 0 Å². The Morgan fingerprint density at radius 2 is 0.579 bits per heavy atom. The van der Waals surface area contributed by atoms with Gasteiger partial charge in [0.1, 0.15) is 0 Å². The van der Waals surface area contributed by atoms with Gasteiger partial charge < -0.3 is 14.9 Å². The standard InChI is InChI=1S/C2H6O2.C2H6O.6C2H4/c3-1-2-4;1-3-2;6*1-2/h3-4H,1-2H2;1-2H3;6*1-2H2. The van der Waals surface area contributed by atoms with E-state index in [-0.39, 0.29) is 13.2 Å². The molecule has 0 amide bonds. The van der Waals surface area contributed by atoms with Gasteiger partial charge in [-0.25, -0.2) is 0 Å². The van der Waals surface area contributed by atoms with Gasteiger partial charge in [0.05, 0.1) is 13.2 Å². The summed E-state index contributed by atoms with van der Waals surface area (Å²) in [4.78, 5) is 0. The van der Waals surface area contributed by atoms with E-state index in [2.05, 4.69) is 83.7 Å². The first kappa shape index (κ1) is 53.1. The number of rotatable bonds is 1. The summed E-state index contributed by atoms with van der Waals surface area (Å²) >= 11 is 0. The van der Waals surface area contributed by atoms with Crippen molar-refractivity contribution in [3.63, 3.8) is 0 Å². The zero-order valence-corrected chi connectivity index (χ0v) is 13.2. The molecule has 19 heavy (non-hydrogen) atoms. The maximum absolute atomic E-state index is 7.62. The van der Waals surface area contributed by atoms with E-state index in [9.17, 15) is 0 Å². The Morgan fingerprint density at radius 1 is 0.526 bits per heavy atom. The molecule has 0 saturated heterocycles. The summed E-state index contributed by atoms with van der Waals surface area (Å²) in [6.07, 6.45) is 0. The second kappa shape index (κ2) is 2200. The lowest BCUT2D eigenvalue weighted by atomic mass is 10.8. The summed E-state index contributed by atoms with van der Waals surface area (Å²) in [5.74, 6) is 0. The molecular formula is C16H36O3. The molecule has 0 atom stereocenters. The topological polar surface area (TPSA) is 49.7 Å². The average molecular weight is 276 g/mol. The lowest BCUT2D eigenvalue weighted by Gasteiger charge is -1.70. The van der Waals surface area contributed by atoms with Crippen LogP contribution in [0.15, 0.2) is 78.9 Å². The highest BCUT2D eigenvalue weighted by Crippen LogP contribution is 1.39. The van der Waals surface area contributed by atoms with E-state index in [4.69, 9.17) is 10.2 Å². The number of aliphatic hydroxyl groups excluding tert-OH is 2. The molecule has 0 fully saturated rings. The van der Waals surface area contributed by atoms with Crippen molar-refractivity contribution in [1.82, 2.24) is 0 Å². The second-order valence-corrected chi connectivity index (χ2v) is 0.855. The molecule has 0 aromatic heterocycles. The van der Waals surface area contributed by atoms with Gasteiger partial charge >= 0.3 is 0 Å². The molecule has 2 N–H and O–H groups in total. The normalized spacial score (nSPS) is 3.79. The van der Waals surface area contributed by atoms with Gasteiger partial charge in [-0.05, 0) is 0 Å². The van der Waals surface area contributed by atoms with E-state index in [0.717, 1.165) is 0 Å². The van der Waals surface area contributed by atoms with Gasteiger partial charge in [0.15, 0.2) is 0 Å². The highest BCUT2D eigenvalue weighted by Gasteiger charge is 1.58. The van der Waals surface area contributed by atoms with Gasteiger partial charge in [-0.15, -0.1) is 78.9 Å². The summed E-state index contributed by atoms with van der Waals surface area (Å²) in [6, 6.07) is 0. The third-order valence-corrected chi connectivity index (χ3v) is 0.1000. The monoisotopic (exact) mass is 276 g/mol. The molecule has 0 saturated carbocycles. The molecule has 3 heteroatoms. The second-order valence-electron chi connectivity index (χ2n) is 0.855. The smallest absolute Gasteiger partial charge is 0.0662 e. The van der Waals surface area contributed by atoms with Crippen LogP contribution >= 0.6 is 0 Å². The van der Waals surface area contributed by atoms with Crippen LogP contribution in [0, 0.1) is 0 Å². The van der Waals surface area contributed by atoms with Crippen LogP contribution in [0.2, 0.25) is 0 Å². The minimum atomic E-state index is -0.125. The van der Waals surface area contributed by atoms with Gasteiger partial charge in [0, 0.05) is 14.2 Å². The molecule has 0 aliphatic rings. The molecule has 0 aliphatic heterocycles. The van der Waals surface area contributed by atoms with E-state index < -0.39 is 0 Å². The quantitative estimate of drug-likeness (QED) is 0.710. The third-order valence-electron chi connectivity index (χ3n) is 0.1000. The summed E-state index contributed by atoms with van der Waals surface area (Å²) < 4.78 is 4.25. The van der Waals surface area contributed by atoms with Crippen molar-refractivity contribution in [3.8, 4) is 0 Å². The first-order valence-electron chi connectivity index (χ1n) is 4.95. The lowest BCUT2D eigenvalue weighted by Crippen LogP contribution is -1.85. The van der Waals surface area contributed by atoms with E-state index in [0.29, 0.717) is 0 Å². The van der Waals surface area contributed by atoms with Crippen LogP contribution in [-0.4, -0.2) is 37.6 Å². The van der Waals surface area contributed by atoms with Crippen molar-refractivity contribution < 1.29 is 14.9 Å². The number of aliphatic hydroxyl groups is 2. The predicted molar refractivity (Wildman–Crippen MR) is 94.6 cm³/mol. The van der Waals surface area contributed by atoms with Crippen LogP contribution < -0.4 is 0 Å². The number of ether oxygens (including phenoxy) is 1. The van der Waals surface area contributed by atoms with Gasteiger partial charge in [-0.1, -0.05) is 0 Å². The van der Waals surface area contributed by atoms with E-state index in [1.807, 2.05) is 0 Å². The summed E-state index contributed by atoms with van der Waals surface area (Å²) in [5.41, 5.74) is 0. The van der Waals surface area contributed by atoms with E-state index in [1.54, 1.807) is 14.2 Å². The van der Waals surface area contributed by atoms with Crippen LogP contribution in [0.5, 0.6) is 0 Å². The van der Waals surface area contributed by atoms with Crippen LogP contribution in [-0.2, 0) is 4.74 Å². The Labute approximate surface area is 122 Å². The van der Waals surface area contributed by atoms with Crippen molar-refractivity contribution in [2.75, 3.05) is 27.4 Å². The average Bonchev–Trinajstić information content (AvgIpc) is 2.59. The number of hydrogen-bond acceptors (Lipinski definition) is 3. The van der Waals surface area contributed by atoms with Crippen molar-refractivity contribution in [1.29, 1.82) is 0 Å². The van der Waals surface area contributed by atoms with Gasteiger partial charge in [-0.3, -0.25) is 0 Å². The minimum Gasteiger partial charge on any atom is -0.394 e. The fourth-order valence-electron chi connectivity index (χ4n) is 0. The Hall–Kier alpha value is -1.68. The fourth-order valence-corrected chi connectivity index (χ4v) is 0. The molecule has 0 spiro atoms. The van der Waals surface area contributed by atoms with Crippen LogP contribution in [0.1, 0.15) is 0 Å². The van der Waals surface area contributed by atoms with E-state index >= 15 is 0 Å². The molecular weight excluding hydrogens is 240 g/mol. The fraction of sp³-hybridized carbons (Fsp3) is 0.250. The Kier molecular flexibility index (Phi) is 6140. The van der Waals surface area contributed by atoms with Crippen molar-refractivity contribution in [2.24, 2.45) is 0 Å². The predicted octanol–water partition coefficient (Wildman–Crippen LogP) is 4.05. The number of hydrogen-bond donors (Lipinski definition) is 2. The highest BCUT2D eigenvalue weighted by molar-refractivity contribution is 4.23. The molecule has 0 heterocycles. The van der Waals surface area contributed by atoms with Gasteiger partial charge in [-0.2, -0.15) is 0 Å². The maximum atomic E-state index is 7.62. The molecule has 118 valence electrons. The Bertz CT molecular complexity index is 51.5. The summed E-state index contributed by atoms with van der Waals surface area (Å²) in [7, 11) is 3.25. The van der Waals surface area contributed by atoms with Crippen molar-refractivity contribution in [2.45, 2.75) is 0 Å². The molecule has 0 unspecified atom stereocenters. The zero-order chi connectivity index (χ0) is 18.1. The van der Waals surface area contributed by atoms with Crippen molar-refractivity contribution in [3.05, 3.63) is 78.9 Å².